The van der Waals surface area contributed by atoms with Gasteiger partial charge in [0.2, 0.25) is 0 Å². The van der Waals surface area contributed by atoms with Gasteiger partial charge in [-0.25, -0.2) is 10.3 Å². The summed E-state index contributed by atoms with van der Waals surface area (Å²) in [6.45, 7) is 0.330. The maximum Gasteiger partial charge on any atom is 0.128 e. The minimum absolute atomic E-state index is 0.0817. The highest BCUT2D eigenvalue weighted by Crippen LogP contribution is 2.28. The van der Waals surface area contributed by atoms with Crippen molar-refractivity contribution in [2.45, 2.75) is 12.5 Å². The van der Waals surface area contributed by atoms with Gasteiger partial charge in [-0.15, -0.1) is 0 Å². The van der Waals surface area contributed by atoms with E-state index in [1.54, 1.807) is 6.07 Å². The third-order valence-electron chi connectivity index (χ3n) is 2.05. The van der Waals surface area contributed by atoms with Crippen molar-refractivity contribution in [3.8, 4) is 5.75 Å². The summed E-state index contributed by atoms with van der Waals surface area (Å²) in [7, 11) is 0. The van der Waals surface area contributed by atoms with Crippen LogP contribution in [0.1, 0.15) is 5.56 Å². The van der Waals surface area contributed by atoms with E-state index in [0.717, 1.165) is 11.3 Å². The molecule has 1 unspecified atom stereocenters. The van der Waals surface area contributed by atoms with Crippen molar-refractivity contribution < 1.29 is 14.0 Å². The van der Waals surface area contributed by atoms with Gasteiger partial charge in [0.15, 0.2) is 0 Å². The lowest BCUT2D eigenvalue weighted by atomic mass is 10.1. The molecule has 2 N–H and O–H groups in total. The molecule has 2 rings (SSSR count). The Morgan fingerprint density at radius 1 is 1.62 bits per heavy atom. The van der Waals surface area contributed by atoms with Gasteiger partial charge in [-0.3, -0.25) is 0 Å². The summed E-state index contributed by atoms with van der Waals surface area (Å²) in [5.41, 5.74) is 0.877. The molecule has 0 fully saturated rings. The lowest BCUT2D eigenvalue weighted by molar-refractivity contribution is 0.0609. The molecule has 1 aliphatic heterocycles. The van der Waals surface area contributed by atoms with Crippen molar-refractivity contribution in [2.75, 3.05) is 6.61 Å². The molecule has 1 aliphatic rings. The van der Waals surface area contributed by atoms with Crippen LogP contribution < -0.4 is 10.6 Å². The van der Waals surface area contributed by atoms with Crippen molar-refractivity contribution in [1.82, 2.24) is 0 Å². The van der Waals surface area contributed by atoms with Crippen LogP contribution in [0.3, 0.4) is 0 Å². The number of hydrogen-bond acceptors (Lipinski definition) is 3. The van der Waals surface area contributed by atoms with E-state index in [0.29, 0.717) is 13.0 Å². The third-order valence-corrected chi connectivity index (χ3v) is 2.05. The summed E-state index contributed by atoms with van der Waals surface area (Å²) in [6.07, 6.45) is 0.575. The Kier molecular flexibility index (Phi) is 2.16. The Morgan fingerprint density at radius 3 is 3.23 bits per heavy atom. The largest absolute Gasteiger partial charge is 0.487 e. The second-order valence-electron chi connectivity index (χ2n) is 3.03. The highest BCUT2D eigenvalue weighted by molar-refractivity contribution is 5.37. The van der Waals surface area contributed by atoms with Crippen LogP contribution in [0.5, 0.6) is 5.75 Å². The number of halogens is 1. The third kappa shape index (κ3) is 1.64. The maximum atomic E-state index is 12.8. The predicted octanol–water partition coefficient (Wildman–Crippen LogP) is 1.02. The zero-order valence-electron chi connectivity index (χ0n) is 7.00. The van der Waals surface area contributed by atoms with Gasteiger partial charge in [-0.05, 0) is 18.2 Å². The van der Waals surface area contributed by atoms with Gasteiger partial charge >= 0.3 is 0 Å². The summed E-state index contributed by atoms with van der Waals surface area (Å²) >= 11 is 0. The van der Waals surface area contributed by atoms with Crippen LogP contribution in [0.15, 0.2) is 18.2 Å². The first-order valence-electron chi connectivity index (χ1n) is 4.06. The normalized spacial score (nSPS) is 19.7. The Balaban J connectivity index is 2.16. The molecule has 0 amide bonds. The lowest BCUT2D eigenvalue weighted by Crippen LogP contribution is -2.22. The molecule has 0 radical (unpaired) electrons. The Bertz CT molecular complexity index is 316. The standard InChI is InChI=1S/C9H10FNO2/c10-7-1-2-9-6(3-7)4-8(13-9)5-12-11/h1-3,8H,4-5,11H2. The highest BCUT2D eigenvalue weighted by atomic mass is 19.1. The molecule has 0 aliphatic carbocycles. The molecule has 0 spiro atoms. The molecule has 0 saturated heterocycles. The number of benzene rings is 1. The average Bonchev–Trinajstić information content (AvgIpc) is 2.46. The van der Waals surface area contributed by atoms with Crippen molar-refractivity contribution in [1.29, 1.82) is 0 Å². The molecule has 1 atom stereocenters. The fraction of sp³-hybridized carbons (Fsp3) is 0.333. The summed E-state index contributed by atoms with van der Waals surface area (Å²) in [5, 5.41) is 0. The van der Waals surface area contributed by atoms with Gasteiger partial charge in [0.25, 0.3) is 0 Å². The zero-order chi connectivity index (χ0) is 9.26. The van der Waals surface area contributed by atoms with Crippen LogP contribution in [0.4, 0.5) is 4.39 Å². The molecule has 4 heteroatoms. The smallest absolute Gasteiger partial charge is 0.128 e. The average molecular weight is 183 g/mol. The molecule has 1 heterocycles. The second-order valence-corrected chi connectivity index (χ2v) is 3.03. The summed E-state index contributed by atoms with van der Waals surface area (Å²) in [6, 6.07) is 4.48. The molecular weight excluding hydrogens is 173 g/mol. The van der Waals surface area contributed by atoms with Crippen molar-refractivity contribution in [3.63, 3.8) is 0 Å². The fourth-order valence-electron chi connectivity index (χ4n) is 1.49. The molecular formula is C9H10FNO2. The Labute approximate surface area is 75.2 Å². The first-order chi connectivity index (χ1) is 6.29. The van der Waals surface area contributed by atoms with Crippen LogP contribution in [0.2, 0.25) is 0 Å². The number of fused-ring (bicyclic) bond motifs is 1. The number of hydrogen-bond donors (Lipinski definition) is 1. The van der Waals surface area contributed by atoms with Crippen LogP contribution in [-0.4, -0.2) is 12.7 Å². The van der Waals surface area contributed by atoms with E-state index in [9.17, 15) is 4.39 Å². The van der Waals surface area contributed by atoms with E-state index in [4.69, 9.17) is 10.6 Å². The van der Waals surface area contributed by atoms with Gasteiger partial charge in [-0.1, -0.05) is 0 Å². The predicted molar refractivity (Wildman–Crippen MR) is 44.7 cm³/mol. The summed E-state index contributed by atoms with van der Waals surface area (Å²) in [4.78, 5) is 4.47. The van der Waals surface area contributed by atoms with E-state index in [1.165, 1.54) is 12.1 Å². The fourth-order valence-corrected chi connectivity index (χ4v) is 1.49. The number of nitrogens with two attached hydrogens (primary N) is 1. The SMILES string of the molecule is NOCC1Cc2cc(F)ccc2O1. The quantitative estimate of drug-likeness (QED) is 0.696. The van der Waals surface area contributed by atoms with Gasteiger partial charge in [0.05, 0.1) is 0 Å². The highest BCUT2D eigenvalue weighted by Gasteiger charge is 2.22. The van der Waals surface area contributed by atoms with Crippen molar-refractivity contribution in [2.24, 2.45) is 5.90 Å². The molecule has 0 aromatic heterocycles. The monoisotopic (exact) mass is 183 g/mol. The first-order valence-corrected chi connectivity index (χ1v) is 4.06. The molecule has 70 valence electrons. The second kappa shape index (κ2) is 3.32. The van der Waals surface area contributed by atoms with Crippen LogP contribution in [0.25, 0.3) is 0 Å². The minimum atomic E-state index is -0.239. The van der Waals surface area contributed by atoms with Crippen LogP contribution in [-0.2, 0) is 11.3 Å². The summed E-state index contributed by atoms with van der Waals surface area (Å²) < 4.78 is 18.2. The van der Waals surface area contributed by atoms with Crippen molar-refractivity contribution in [3.05, 3.63) is 29.6 Å². The number of rotatable bonds is 2. The zero-order valence-corrected chi connectivity index (χ0v) is 7.00. The van der Waals surface area contributed by atoms with Gasteiger partial charge in [-0.2, -0.15) is 0 Å². The van der Waals surface area contributed by atoms with E-state index >= 15 is 0 Å². The summed E-state index contributed by atoms with van der Waals surface area (Å²) in [5.74, 6) is 5.41. The van der Waals surface area contributed by atoms with E-state index < -0.39 is 0 Å². The molecule has 1 aromatic rings. The minimum Gasteiger partial charge on any atom is -0.487 e. The van der Waals surface area contributed by atoms with Gasteiger partial charge < -0.3 is 9.57 Å². The van der Waals surface area contributed by atoms with E-state index in [1.807, 2.05) is 0 Å². The Morgan fingerprint density at radius 2 is 2.46 bits per heavy atom. The molecule has 0 bridgehead atoms. The molecule has 13 heavy (non-hydrogen) atoms. The number of ether oxygens (including phenoxy) is 1. The van der Waals surface area contributed by atoms with Crippen LogP contribution in [0, 0.1) is 5.82 Å². The molecule has 1 aromatic carbocycles. The lowest BCUT2D eigenvalue weighted by Gasteiger charge is -2.07. The Hall–Kier alpha value is -1.13. The van der Waals surface area contributed by atoms with Gasteiger partial charge in [0.1, 0.15) is 24.3 Å². The van der Waals surface area contributed by atoms with Crippen molar-refractivity contribution >= 4 is 0 Å². The topological polar surface area (TPSA) is 44.5 Å². The first kappa shape index (κ1) is 8.47. The van der Waals surface area contributed by atoms with E-state index in [2.05, 4.69) is 4.84 Å². The van der Waals surface area contributed by atoms with Gasteiger partial charge in [0, 0.05) is 12.0 Å². The molecule has 0 saturated carbocycles. The van der Waals surface area contributed by atoms with Crippen LogP contribution >= 0.6 is 0 Å². The molecule has 3 nitrogen and oxygen atoms in total. The maximum absolute atomic E-state index is 12.8. The van der Waals surface area contributed by atoms with E-state index in [-0.39, 0.29) is 11.9 Å².